The van der Waals surface area contributed by atoms with E-state index in [1.165, 1.54) is 0 Å². The molecule has 0 radical (unpaired) electrons. The first-order valence-electron chi connectivity index (χ1n) is 5.54. The average molecular weight is 214 g/mol. The molecule has 15 heavy (non-hydrogen) atoms. The maximum atomic E-state index is 11.8. The Hall–Kier alpha value is -0.610. The maximum Gasteiger partial charge on any atom is 0.227 e. The minimum atomic E-state index is -0.687. The SMILES string of the molecule is CC(N)C(C)C(=O)N1CC(O)(C(C)C)C1. The minimum absolute atomic E-state index is 0.0512. The van der Waals surface area contributed by atoms with Crippen LogP contribution >= 0.6 is 0 Å². The summed E-state index contributed by atoms with van der Waals surface area (Å²) >= 11 is 0. The van der Waals surface area contributed by atoms with Crippen molar-refractivity contribution in [1.82, 2.24) is 4.90 Å². The third-order valence-corrected chi connectivity index (χ3v) is 3.49. The van der Waals surface area contributed by atoms with Gasteiger partial charge in [-0.25, -0.2) is 0 Å². The number of rotatable bonds is 3. The summed E-state index contributed by atoms with van der Waals surface area (Å²) in [7, 11) is 0. The molecule has 88 valence electrons. The molecule has 4 nitrogen and oxygen atoms in total. The van der Waals surface area contributed by atoms with Gasteiger partial charge >= 0.3 is 0 Å². The fourth-order valence-electron chi connectivity index (χ4n) is 1.65. The van der Waals surface area contributed by atoms with Crippen molar-refractivity contribution in [3.05, 3.63) is 0 Å². The number of hydrogen-bond acceptors (Lipinski definition) is 3. The summed E-state index contributed by atoms with van der Waals surface area (Å²) in [6.07, 6.45) is 0. The fraction of sp³-hybridized carbons (Fsp3) is 0.909. The van der Waals surface area contributed by atoms with Gasteiger partial charge in [0.25, 0.3) is 0 Å². The number of carbonyl (C=O) groups excluding carboxylic acids is 1. The number of likely N-dealkylation sites (tertiary alicyclic amines) is 1. The number of amides is 1. The molecular formula is C11H22N2O2. The van der Waals surface area contributed by atoms with Crippen LogP contribution in [0.2, 0.25) is 0 Å². The van der Waals surface area contributed by atoms with E-state index in [1.807, 2.05) is 27.7 Å². The lowest BCUT2D eigenvalue weighted by Gasteiger charge is -2.50. The molecule has 0 saturated carbocycles. The monoisotopic (exact) mass is 214 g/mol. The molecule has 1 aliphatic rings. The van der Waals surface area contributed by atoms with E-state index >= 15 is 0 Å². The Morgan fingerprint density at radius 1 is 1.33 bits per heavy atom. The quantitative estimate of drug-likeness (QED) is 0.705. The van der Waals surface area contributed by atoms with Gasteiger partial charge in [0.1, 0.15) is 5.60 Å². The van der Waals surface area contributed by atoms with E-state index in [4.69, 9.17) is 5.73 Å². The highest BCUT2D eigenvalue weighted by Crippen LogP contribution is 2.29. The van der Waals surface area contributed by atoms with E-state index in [0.717, 1.165) is 0 Å². The van der Waals surface area contributed by atoms with Crippen LogP contribution in [-0.2, 0) is 4.79 Å². The van der Waals surface area contributed by atoms with Crippen LogP contribution in [0.25, 0.3) is 0 Å². The van der Waals surface area contributed by atoms with Crippen molar-refractivity contribution in [2.45, 2.75) is 39.3 Å². The number of hydrogen-bond donors (Lipinski definition) is 2. The van der Waals surface area contributed by atoms with Crippen molar-refractivity contribution >= 4 is 5.91 Å². The van der Waals surface area contributed by atoms with Crippen molar-refractivity contribution in [3.8, 4) is 0 Å². The zero-order valence-corrected chi connectivity index (χ0v) is 10.0. The molecule has 0 aromatic carbocycles. The predicted octanol–water partition coefficient (Wildman–Crippen LogP) is 0.199. The van der Waals surface area contributed by atoms with Gasteiger partial charge in [-0.3, -0.25) is 4.79 Å². The lowest BCUT2D eigenvalue weighted by atomic mass is 9.82. The first-order valence-corrected chi connectivity index (χ1v) is 5.54. The lowest BCUT2D eigenvalue weighted by Crippen LogP contribution is -2.67. The molecule has 0 aliphatic carbocycles. The van der Waals surface area contributed by atoms with Gasteiger partial charge in [0.15, 0.2) is 0 Å². The molecule has 0 spiro atoms. The Balaban J connectivity index is 2.49. The Labute approximate surface area is 91.4 Å². The molecule has 1 heterocycles. The van der Waals surface area contributed by atoms with Gasteiger partial charge in [-0.1, -0.05) is 20.8 Å². The predicted molar refractivity (Wildman–Crippen MR) is 59.2 cm³/mol. The molecule has 4 heteroatoms. The van der Waals surface area contributed by atoms with E-state index in [0.29, 0.717) is 13.1 Å². The number of aliphatic hydroxyl groups is 1. The summed E-state index contributed by atoms with van der Waals surface area (Å²) in [5.74, 6) is 0.0733. The molecule has 2 unspecified atom stereocenters. The van der Waals surface area contributed by atoms with Crippen molar-refractivity contribution in [2.24, 2.45) is 17.6 Å². The van der Waals surface area contributed by atoms with Gasteiger partial charge in [-0.15, -0.1) is 0 Å². The summed E-state index contributed by atoms with van der Waals surface area (Å²) in [5, 5.41) is 10.0. The van der Waals surface area contributed by atoms with E-state index in [9.17, 15) is 9.90 Å². The summed E-state index contributed by atoms with van der Waals surface area (Å²) in [6.45, 7) is 8.49. The molecule has 0 bridgehead atoms. The Kier molecular flexibility index (Phi) is 3.41. The van der Waals surface area contributed by atoms with Crippen LogP contribution in [0.5, 0.6) is 0 Å². The van der Waals surface area contributed by atoms with Crippen LogP contribution in [0.4, 0.5) is 0 Å². The molecule has 3 N–H and O–H groups in total. The summed E-state index contributed by atoms with van der Waals surface area (Å²) in [6, 6.07) is -0.134. The van der Waals surface area contributed by atoms with E-state index < -0.39 is 5.60 Å². The van der Waals surface area contributed by atoms with Crippen LogP contribution in [0.1, 0.15) is 27.7 Å². The number of β-amino-alcohol motifs (C(OH)–C–C–N with tert-alkyl or cyclic N) is 1. The molecule has 2 atom stereocenters. The van der Waals surface area contributed by atoms with Crippen molar-refractivity contribution in [2.75, 3.05) is 13.1 Å². The molecule has 1 rings (SSSR count). The Morgan fingerprint density at radius 2 is 1.80 bits per heavy atom. The van der Waals surface area contributed by atoms with Crippen molar-refractivity contribution in [3.63, 3.8) is 0 Å². The van der Waals surface area contributed by atoms with Crippen LogP contribution in [0.3, 0.4) is 0 Å². The third kappa shape index (κ3) is 2.32. The van der Waals surface area contributed by atoms with Gasteiger partial charge in [0.2, 0.25) is 5.91 Å². The second kappa shape index (κ2) is 4.10. The van der Waals surface area contributed by atoms with Crippen molar-refractivity contribution < 1.29 is 9.90 Å². The smallest absolute Gasteiger partial charge is 0.227 e. The lowest BCUT2D eigenvalue weighted by molar-refractivity contribution is -0.167. The molecule has 0 aromatic heterocycles. The van der Waals surface area contributed by atoms with Gasteiger partial charge in [-0.2, -0.15) is 0 Å². The van der Waals surface area contributed by atoms with E-state index in [1.54, 1.807) is 4.90 Å². The van der Waals surface area contributed by atoms with Crippen LogP contribution < -0.4 is 5.73 Å². The first kappa shape index (κ1) is 12.5. The molecule has 1 fully saturated rings. The second-order valence-corrected chi connectivity index (χ2v) is 5.10. The van der Waals surface area contributed by atoms with Gasteiger partial charge in [0, 0.05) is 6.04 Å². The highest BCUT2D eigenvalue weighted by atomic mass is 16.3. The molecule has 0 aromatic rings. The third-order valence-electron chi connectivity index (χ3n) is 3.49. The number of nitrogens with two attached hydrogens (primary N) is 1. The standard InChI is InChI=1S/C11H22N2O2/c1-7(2)11(15)5-13(6-11)10(14)8(3)9(4)12/h7-9,15H,5-6,12H2,1-4H3. The van der Waals surface area contributed by atoms with Crippen LogP contribution in [0.15, 0.2) is 0 Å². The molecule has 1 amide bonds. The maximum absolute atomic E-state index is 11.8. The van der Waals surface area contributed by atoms with Gasteiger partial charge in [0.05, 0.1) is 19.0 Å². The largest absolute Gasteiger partial charge is 0.386 e. The Morgan fingerprint density at radius 3 is 2.13 bits per heavy atom. The van der Waals surface area contributed by atoms with Crippen LogP contribution in [-0.4, -0.2) is 40.6 Å². The number of nitrogens with zero attached hydrogens (tertiary/aromatic N) is 1. The summed E-state index contributed by atoms with van der Waals surface area (Å²) in [5.41, 5.74) is 4.98. The molecular weight excluding hydrogens is 192 g/mol. The minimum Gasteiger partial charge on any atom is -0.386 e. The summed E-state index contributed by atoms with van der Waals surface area (Å²) in [4.78, 5) is 13.5. The normalized spacial score (nSPS) is 23.5. The Bertz CT molecular complexity index is 245. The van der Waals surface area contributed by atoms with Gasteiger partial charge < -0.3 is 15.7 Å². The van der Waals surface area contributed by atoms with Crippen molar-refractivity contribution in [1.29, 1.82) is 0 Å². The first-order chi connectivity index (χ1) is 6.78. The summed E-state index contributed by atoms with van der Waals surface area (Å²) < 4.78 is 0. The topological polar surface area (TPSA) is 66.6 Å². The van der Waals surface area contributed by atoms with Gasteiger partial charge in [-0.05, 0) is 12.8 Å². The van der Waals surface area contributed by atoms with E-state index in [-0.39, 0.29) is 23.8 Å². The number of carbonyl (C=O) groups is 1. The van der Waals surface area contributed by atoms with Crippen LogP contribution in [0, 0.1) is 11.8 Å². The average Bonchev–Trinajstić information content (AvgIpc) is 2.09. The zero-order valence-electron chi connectivity index (χ0n) is 10.0. The fourth-order valence-corrected chi connectivity index (χ4v) is 1.65. The molecule has 1 aliphatic heterocycles. The highest BCUT2D eigenvalue weighted by molar-refractivity contribution is 5.80. The zero-order chi connectivity index (χ0) is 11.8. The highest BCUT2D eigenvalue weighted by Gasteiger charge is 2.46. The van der Waals surface area contributed by atoms with E-state index in [2.05, 4.69) is 0 Å². The molecule has 1 saturated heterocycles. The second-order valence-electron chi connectivity index (χ2n) is 5.10.